The van der Waals surface area contributed by atoms with E-state index in [-0.39, 0.29) is 0 Å². The summed E-state index contributed by atoms with van der Waals surface area (Å²) in [6, 6.07) is 10.1. The minimum absolute atomic E-state index is 0.657. The fourth-order valence-electron chi connectivity index (χ4n) is 2.33. The highest BCUT2D eigenvalue weighted by molar-refractivity contribution is 7.11. The molecule has 3 rings (SSSR count). The van der Waals surface area contributed by atoms with Crippen molar-refractivity contribution in [2.24, 2.45) is 4.99 Å². The first-order valence-electron chi connectivity index (χ1n) is 8.25. The van der Waals surface area contributed by atoms with E-state index in [1.54, 1.807) is 18.4 Å². The number of aromatic nitrogens is 3. The average molecular weight is 354 g/mol. The van der Waals surface area contributed by atoms with Crippen molar-refractivity contribution in [2.75, 3.05) is 7.05 Å². The molecule has 1 aromatic carbocycles. The summed E-state index contributed by atoms with van der Waals surface area (Å²) < 4.78 is 1.87. The highest BCUT2D eigenvalue weighted by Gasteiger charge is 2.04. The first kappa shape index (κ1) is 17.2. The van der Waals surface area contributed by atoms with Crippen molar-refractivity contribution >= 4 is 17.3 Å². The van der Waals surface area contributed by atoms with Crippen molar-refractivity contribution in [3.63, 3.8) is 0 Å². The molecule has 2 heterocycles. The van der Waals surface area contributed by atoms with Crippen LogP contribution >= 0.6 is 11.3 Å². The average Bonchev–Trinajstić information content (AvgIpc) is 3.32. The van der Waals surface area contributed by atoms with Crippen LogP contribution in [0.5, 0.6) is 0 Å². The number of aryl methyl sites for hydroxylation is 1. The van der Waals surface area contributed by atoms with E-state index in [2.05, 4.69) is 32.6 Å². The van der Waals surface area contributed by atoms with E-state index in [1.807, 2.05) is 53.6 Å². The Balaban J connectivity index is 1.52. The van der Waals surface area contributed by atoms with Crippen molar-refractivity contribution in [1.29, 1.82) is 0 Å². The maximum atomic E-state index is 4.41. The Kier molecular flexibility index (Phi) is 5.79. The third-order valence-electron chi connectivity index (χ3n) is 3.70. The van der Waals surface area contributed by atoms with E-state index >= 15 is 0 Å². The quantitative estimate of drug-likeness (QED) is 0.528. The summed E-state index contributed by atoms with van der Waals surface area (Å²) in [5.74, 6) is 0.751. The van der Waals surface area contributed by atoms with Crippen LogP contribution in [0, 0.1) is 0 Å². The van der Waals surface area contributed by atoms with Crippen LogP contribution in [0.1, 0.15) is 22.4 Å². The highest BCUT2D eigenvalue weighted by atomic mass is 32.1. The minimum atomic E-state index is 0.657. The Bertz CT molecular complexity index is 821. The number of rotatable bonds is 6. The molecule has 2 N–H and O–H groups in total. The van der Waals surface area contributed by atoms with Gasteiger partial charge in [-0.1, -0.05) is 25.1 Å². The van der Waals surface area contributed by atoms with Gasteiger partial charge in [-0.25, -0.2) is 9.67 Å². The van der Waals surface area contributed by atoms with Gasteiger partial charge in [0.15, 0.2) is 5.96 Å². The Morgan fingerprint density at radius 3 is 2.68 bits per heavy atom. The molecule has 25 heavy (non-hydrogen) atoms. The molecule has 130 valence electrons. The van der Waals surface area contributed by atoms with Gasteiger partial charge in [0, 0.05) is 36.4 Å². The highest BCUT2D eigenvalue weighted by Crippen LogP contribution is 2.12. The lowest BCUT2D eigenvalue weighted by Gasteiger charge is -2.09. The Hall–Kier alpha value is -2.67. The Morgan fingerprint density at radius 2 is 1.96 bits per heavy atom. The van der Waals surface area contributed by atoms with E-state index in [4.69, 9.17) is 0 Å². The number of hydrogen-bond acceptors (Lipinski definition) is 4. The summed E-state index contributed by atoms with van der Waals surface area (Å²) in [5, 5.41) is 12.1. The zero-order chi connectivity index (χ0) is 17.5. The van der Waals surface area contributed by atoms with Crippen molar-refractivity contribution in [1.82, 2.24) is 25.4 Å². The van der Waals surface area contributed by atoms with Crippen LogP contribution in [0.3, 0.4) is 0 Å². The van der Waals surface area contributed by atoms with Gasteiger partial charge in [-0.3, -0.25) is 4.99 Å². The molecule has 7 heteroatoms. The second kappa shape index (κ2) is 8.43. The van der Waals surface area contributed by atoms with Crippen LogP contribution in [0.15, 0.2) is 53.9 Å². The number of hydrogen-bond donors (Lipinski definition) is 2. The molecule has 6 nitrogen and oxygen atoms in total. The van der Waals surface area contributed by atoms with Gasteiger partial charge in [0.1, 0.15) is 5.01 Å². The van der Waals surface area contributed by atoms with Gasteiger partial charge in [0.25, 0.3) is 0 Å². The predicted octanol–water partition coefficient (Wildman–Crippen LogP) is 2.76. The van der Waals surface area contributed by atoms with Crippen molar-refractivity contribution in [3.8, 4) is 5.69 Å². The first-order valence-corrected chi connectivity index (χ1v) is 9.07. The number of benzene rings is 1. The number of thiazole rings is 1. The summed E-state index contributed by atoms with van der Waals surface area (Å²) in [6.45, 7) is 3.47. The van der Waals surface area contributed by atoms with Gasteiger partial charge in [-0.05, 0) is 18.6 Å². The number of aliphatic imine (C=N–C) groups is 1. The van der Waals surface area contributed by atoms with Crippen LogP contribution in [0.25, 0.3) is 5.69 Å². The summed E-state index contributed by atoms with van der Waals surface area (Å²) >= 11 is 1.73. The van der Waals surface area contributed by atoms with Gasteiger partial charge in [0.05, 0.1) is 18.4 Å². The lowest BCUT2D eigenvalue weighted by atomic mass is 10.3. The maximum Gasteiger partial charge on any atom is 0.191 e. The van der Waals surface area contributed by atoms with E-state index in [1.165, 1.54) is 4.88 Å². The molecular formula is C18H22N6S. The Morgan fingerprint density at radius 1 is 1.16 bits per heavy atom. The van der Waals surface area contributed by atoms with Crippen LogP contribution in [-0.2, 0) is 19.5 Å². The number of guanidine groups is 1. The molecule has 0 bridgehead atoms. The fraction of sp³-hybridized carbons (Fsp3) is 0.278. The maximum absolute atomic E-state index is 4.41. The van der Waals surface area contributed by atoms with Crippen molar-refractivity contribution in [2.45, 2.75) is 26.4 Å². The van der Waals surface area contributed by atoms with Gasteiger partial charge in [-0.2, -0.15) is 5.10 Å². The number of para-hydroxylation sites is 1. The summed E-state index contributed by atoms with van der Waals surface area (Å²) in [4.78, 5) is 9.96. The molecule has 0 saturated carbocycles. The topological polar surface area (TPSA) is 67.1 Å². The van der Waals surface area contributed by atoms with Crippen molar-refractivity contribution < 1.29 is 0 Å². The second-order valence-electron chi connectivity index (χ2n) is 5.48. The molecule has 3 aromatic rings. The Labute approximate surface area is 151 Å². The zero-order valence-electron chi connectivity index (χ0n) is 14.4. The van der Waals surface area contributed by atoms with Crippen LogP contribution < -0.4 is 10.6 Å². The van der Waals surface area contributed by atoms with Crippen LogP contribution in [0.4, 0.5) is 0 Å². The zero-order valence-corrected chi connectivity index (χ0v) is 15.3. The van der Waals surface area contributed by atoms with Crippen LogP contribution in [0.2, 0.25) is 0 Å². The lowest BCUT2D eigenvalue weighted by Crippen LogP contribution is -2.36. The molecule has 0 saturated heterocycles. The minimum Gasteiger partial charge on any atom is -0.352 e. The number of nitrogens with zero attached hydrogens (tertiary/aromatic N) is 4. The van der Waals surface area contributed by atoms with Gasteiger partial charge < -0.3 is 10.6 Å². The largest absolute Gasteiger partial charge is 0.352 e. The molecule has 2 aromatic heterocycles. The molecule has 0 fully saturated rings. The molecule has 0 spiro atoms. The van der Waals surface area contributed by atoms with E-state index in [0.29, 0.717) is 13.1 Å². The van der Waals surface area contributed by atoms with Crippen LogP contribution in [-0.4, -0.2) is 27.8 Å². The SMILES string of the molecule is CCc1cnc(CNC(=NC)NCc2cnn(-c3ccccc3)c2)s1. The van der Waals surface area contributed by atoms with Crippen molar-refractivity contribution in [3.05, 3.63) is 64.4 Å². The van der Waals surface area contributed by atoms with E-state index in [9.17, 15) is 0 Å². The molecular weight excluding hydrogens is 332 g/mol. The monoisotopic (exact) mass is 354 g/mol. The second-order valence-corrected chi connectivity index (χ2v) is 6.68. The summed E-state index contributed by atoms with van der Waals surface area (Å²) in [7, 11) is 1.77. The molecule has 0 aliphatic heterocycles. The molecule has 0 amide bonds. The van der Waals surface area contributed by atoms with Gasteiger partial charge >= 0.3 is 0 Å². The summed E-state index contributed by atoms with van der Waals surface area (Å²) in [6.07, 6.45) is 6.84. The molecule has 0 aliphatic rings. The predicted molar refractivity (Wildman–Crippen MR) is 102 cm³/mol. The van der Waals surface area contributed by atoms with E-state index in [0.717, 1.165) is 28.6 Å². The normalized spacial score (nSPS) is 11.5. The first-order chi connectivity index (χ1) is 12.3. The molecule has 0 unspecified atom stereocenters. The standard InChI is InChI=1S/C18H22N6S/c1-3-16-11-20-17(25-16)12-22-18(19-2)21-9-14-10-23-24(13-14)15-7-5-4-6-8-15/h4-8,10-11,13H,3,9,12H2,1-2H3,(H2,19,21,22). The molecule has 0 aliphatic carbocycles. The van der Waals surface area contributed by atoms with E-state index < -0.39 is 0 Å². The molecule has 0 radical (unpaired) electrons. The van der Waals surface area contributed by atoms with Gasteiger partial charge in [0.2, 0.25) is 0 Å². The third-order valence-corrected chi connectivity index (χ3v) is 4.84. The number of nitrogens with one attached hydrogen (secondary N) is 2. The third kappa shape index (κ3) is 4.67. The molecule has 0 atom stereocenters. The lowest BCUT2D eigenvalue weighted by molar-refractivity contribution is 0.804. The van der Waals surface area contributed by atoms with Gasteiger partial charge in [-0.15, -0.1) is 11.3 Å². The summed E-state index contributed by atoms with van der Waals surface area (Å²) in [5.41, 5.74) is 2.14. The smallest absolute Gasteiger partial charge is 0.191 e. The fourth-order valence-corrected chi connectivity index (χ4v) is 3.13.